The molecule has 0 unspecified atom stereocenters. The van der Waals surface area contributed by atoms with Crippen LogP contribution >= 0.6 is 11.6 Å². The van der Waals surface area contributed by atoms with Crippen molar-refractivity contribution in [3.63, 3.8) is 0 Å². The average Bonchev–Trinajstić information content (AvgIpc) is 2.44. The second-order valence-corrected chi connectivity index (χ2v) is 4.84. The third-order valence-corrected chi connectivity index (χ3v) is 3.16. The molecule has 0 bridgehead atoms. The van der Waals surface area contributed by atoms with Crippen LogP contribution in [0.2, 0.25) is 5.02 Å². The van der Waals surface area contributed by atoms with Crippen LogP contribution in [0, 0.1) is 5.82 Å². The second-order valence-electron chi connectivity index (χ2n) is 4.43. The molecule has 4 heteroatoms. The van der Waals surface area contributed by atoms with E-state index in [9.17, 15) is 4.39 Å². The third kappa shape index (κ3) is 4.22. The molecule has 0 aliphatic heterocycles. The third-order valence-electron chi connectivity index (χ3n) is 2.85. The Kier molecular flexibility index (Phi) is 5.39. The van der Waals surface area contributed by atoms with Crippen LogP contribution in [-0.4, -0.2) is 6.61 Å². The molecule has 0 spiro atoms. The molecule has 20 heavy (non-hydrogen) atoms. The summed E-state index contributed by atoms with van der Waals surface area (Å²) in [7, 11) is 0. The van der Waals surface area contributed by atoms with Gasteiger partial charge in [-0.15, -0.1) is 0 Å². The fraction of sp³-hybridized carbons (Fsp3) is 0.250. The smallest absolute Gasteiger partial charge is 0.142 e. The van der Waals surface area contributed by atoms with Crippen LogP contribution in [0.5, 0.6) is 5.75 Å². The van der Waals surface area contributed by atoms with Gasteiger partial charge in [-0.2, -0.15) is 0 Å². The van der Waals surface area contributed by atoms with Gasteiger partial charge in [-0.1, -0.05) is 29.8 Å². The number of rotatable bonds is 6. The Morgan fingerprint density at radius 1 is 1.10 bits per heavy atom. The number of halogens is 2. The summed E-state index contributed by atoms with van der Waals surface area (Å²) in [6, 6.07) is 12.8. The summed E-state index contributed by atoms with van der Waals surface area (Å²) in [4.78, 5) is 0. The maximum atomic E-state index is 13.3. The highest BCUT2D eigenvalue weighted by Crippen LogP contribution is 2.16. The van der Waals surface area contributed by atoms with Crippen LogP contribution in [0.15, 0.2) is 42.5 Å². The number of benzene rings is 2. The predicted molar refractivity (Wildman–Crippen MR) is 79.6 cm³/mol. The van der Waals surface area contributed by atoms with Crippen molar-refractivity contribution in [2.75, 3.05) is 6.61 Å². The van der Waals surface area contributed by atoms with Gasteiger partial charge >= 0.3 is 0 Å². The molecule has 0 amide bonds. The monoisotopic (exact) mass is 293 g/mol. The fourth-order valence-corrected chi connectivity index (χ4v) is 2.03. The van der Waals surface area contributed by atoms with Gasteiger partial charge in [0, 0.05) is 13.1 Å². The topological polar surface area (TPSA) is 21.3 Å². The molecular weight excluding hydrogens is 277 g/mol. The van der Waals surface area contributed by atoms with Gasteiger partial charge in [0.25, 0.3) is 0 Å². The Bertz CT molecular complexity index is 574. The Balaban J connectivity index is 1.89. The van der Waals surface area contributed by atoms with E-state index < -0.39 is 0 Å². The lowest BCUT2D eigenvalue weighted by molar-refractivity contribution is 0.340. The zero-order valence-electron chi connectivity index (χ0n) is 11.3. The van der Waals surface area contributed by atoms with E-state index in [2.05, 4.69) is 5.32 Å². The van der Waals surface area contributed by atoms with Crippen molar-refractivity contribution in [2.45, 2.75) is 20.0 Å². The Morgan fingerprint density at radius 3 is 2.55 bits per heavy atom. The van der Waals surface area contributed by atoms with Crippen molar-refractivity contribution in [1.29, 1.82) is 0 Å². The van der Waals surface area contributed by atoms with Crippen LogP contribution in [0.4, 0.5) is 4.39 Å². The van der Waals surface area contributed by atoms with Gasteiger partial charge in [0.1, 0.15) is 11.6 Å². The molecule has 0 aliphatic carbocycles. The van der Waals surface area contributed by atoms with Crippen LogP contribution in [0.3, 0.4) is 0 Å². The highest BCUT2D eigenvalue weighted by atomic mass is 35.5. The molecule has 0 aromatic heterocycles. The first-order chi connectivity index (χ1) is 9.69. The first-order valence-electron chi connectivity index (χ1n) is 6.55. The summed E-state index contributed by atoms with van der Waals surface area (Å²) < 4.78 is 18.7. The van der Waals surface area contributed by atoms with Gasteiger partial charge in [-0.05, 0) is 42.3 Å². The molecule has 0 saturated heterocycles. The molecule has 2 rings (SSSR count). The first-order valence-corrected chi connectivity index (χ1v) is 6.93. The molecule has 2 aromatic rings. The number of ether oxygens (including phenoxy) is 1. The molecule has 0 radical (unpaired) electrons. The highest BCUT2D eigenvalue weighted by molar-refractivity contribution is 6.30. The fourth-order valence-electron chi connectivity index (χ4n) is 1.91. The van der Waals surface area contributed by atoms with Crippen LogP contribution in [0.1, 0.15) is 18.1 Å². The maximum Gasteiger partial charge on any atom is 0.142 e. The lowest BCUT2D eigenvalue weighted by Crippen LogP contribution is -2.12. The van der Waals surface area contributed by atoms with E-state index in [1.54, 1.807) is 6.07 Å². The lowest BCUT2D eigenvalue weighted by Gasteiger charge is -2.08. The SMILES string of the molecule is CCOc1cccc(CNCc2ccc(Cl)c(F)c2)c1. The van der Waals surface area contributed by atoms with E-state index in [4.69, 9.17) is 16.3 Å². The molecule has 1 N–H and O–H groups in total. The van der Waals surface area contributed by atoms with E-state index in [0.29, 0.717) is 19.7 Å². The first kappa shape index (κ1) is 14.8. The predicted octanol–water partition coefficient (Wildman–Crippen LogP) is 4.17. The van der Waals surface area contributed by atoms with E-state index in [-0.39, 0.29) is 10.8 Å². The van der Waals surface area contributed by atoms with Gasteiger partial charge in [0.2, 0.25) is 0 Å². The standard InChI is InChI=1S/C16H17ClFNO/c1-2-20-14-5-3-4-12(8-14)10-19-11-13-6-7-15(17)16(18)9-13/h3-9,19H,2,10-11H2,1H3. The van der Waals surface area contributed by atoms with Crippen molar-refractivity contribution >= 4 is 11.6 Å². The van der Waals surface area contributed by atoms with Gasteiger partial charge in [-0.3, -0.25) is 0 Å². The van der Waals surface area contributed by atoms with Gasteiger partial charge in [0.15, 0.2) is 0 Å². The largest absolute Gasteiger partial charge is 0.494 e. The normalized spacial score (nSPS) is 10.6. The maximum absolute atomic E-state index is 13.3. The van der Waals surface area contributed by atoms with Gasteiger partial charge < -0.3 is 10.1 Å². The Labute approximate surface area is 123 Å². The minimum Gasteiger partial charge on any atom is -0.494 e. The van der Waals surface area contributed by atoms with E-state index >= 15 is 0 Å². The zero-order valence-corrected chi connectivity index (χ0v) is 12.1. The van der Waals surface area contributed by atoms with Gasteiger partial charge in [0.05, 0.1) is 11.6 Å². The molecule has 0 heterocycles. The summed E-state index contributed by atoms with van der Waals surface area (Å²) in [6.07, 6.45) is 0. The van der Waals surface area contributed by atoms with E-state index in [1.165, 1.54) is 6.07 Å². The number of nitrogens with one attached hydrogen (secondary N) is 1. The van der Waals surface area contributed by atoms with E-state index in [0.717, 1.165) is 16.9 Å². The molecule has 2 aromatic carbocycles. The molecule has 0 aliphatic rings. The van der Waals surface area contributed by atoms with Crippen molar-refractivity contribution in [1.82, 2.24) is 5.32 Å². The lowest BCUT2D eigenvalue weighted by atomic mass is 10.2. The zero-order chi connectivity index (χ0) is 14.4. The summed E-state index contributed by atoms with van der Waals surface area (Å²) in [5.41, 5.74) is 2.00. The molecule has 0 atom stereocenters. The van der Waals surface area contributed by atoms with Crippen molar-refractivity contribution in [2.24, 2.45) is 0 Å². The minimum absolute atomic E-state index is 0.151. The van der Waals surface area contributed by atoms with Crippen molar-refractivity contribution < 1.29 is 9.13 Å². The Morgan fingerprint density at radius 2 is 1.85 bits per heavy atom. The molecule has 0 fully saturated rings. The minimum atomic E-state index is -0.385. The Hall–Kier alpha value is -1.58. The van der Waals surface area contributed by atoms with Gasteiger partial charge in [-0.25, -0.2) is 4.39 Å². The van der Waals surface area contributed by atoms with E-state index in [1.807, 2.05) is 37.3 Å². The van der Waals surface area contributed by atoms with Crippen molar-refractivity contribution in [3.05, 3.63) is 64.4 Å². The van der Waals surface area contributed by atoms with Crippen LogP contribution < -0.4 is 10.1 Å². The van der Waals surface area contributed by atoms with Crippen molar-refractivity contribution in [3.8, 4) is 5.75 Å². The number of hydrogen-bond acceptors (Lipinski definition) is 2. The average molecular weight is 294 g/mol. The second kappa shape index (κ2) is 7.27. The molecule has 106 valence electrons. The summed E-state index contributed by atoms with van der Waals surface area (Å²) >= 11 is 5.65. The van der Waals surface area contributed by atoms with Crippen LogP contribution in [-0.2, 0) is 13.1 Å². The summed E-state index contributed by atoms with van der Waals surface area (Å²) in [5, 5.41) is 3.42. The summed E-state index contributed by atoms with van der Waals surface area (Å²) in [5.74, 6) is 0.480. The highest BCUT2D eigenvalue weighted by Gasteiger charge is 2.01. The molecular formula is C16H17ClFNO. The summed E-state index contributed by atoms with van der Waals surface area (Å²) in [6.45, 7) is 3.90. The van der Waals surface area contributed by atoms with Crippen LogP contribution in [0.25, 0.3) is 0 Å². The molecule has 2 nitrogen and oxygen atoms in total. The number of hydrogen-bond donors (Lipinski definition) is 1. The molecule has 0 saturated carbocycles. The quantitative estimate of drug-likeness (QED) is 0.863.